The number of hydrogen-bond acceptors (Lipinski definition) is 8. The average Bonchev–Trinajstić information content (AvgIpc) is 2.58. The number of rotatable bonds is 3. The summed E-state index contributed by atoms with van der Waals surface area (Å²) in [6, 6.07) is 5.54. The molecule has 6 N–H and O–H groups in total. The van der Waals surface area contributed by atoms with Crippen molar-refractivity contribution in [2.45, 2.75) is 6.04 Å². The van der Waals surface area contributed by atoms with Gasteiger partial charge in [0.25, 0.3) is 0 Å². The number of nitrogens with zero attached hydrogens (tertiary/aromatic N) is 4. The van der Waals surface area contributed by atoms with E-state index in [1.54, 1.807) is 29.2 Å². The molecule has 8 nitrogen and oxygen atoms in total. The molecular formula is C15H17ClFN7O. The first-order chi connectivity index (χ1) is 11.9. The second-order valence-electron chi connectivity index (χ2n) is 5.65. The lowest BCUT2D eigenvalue weighted by Gasteiger charge is -2.38. The van der Waals surface area contributed by atoms with Crippen LogP contribution in [0.15, 0.2) is 24.3 Å². The first-order valence-corrected chi connectivity index (χ1v) is 7.90. The lowest BCUT2D eigenvalue weighted by molar-refractivity contribution is 0.00699. The summed E-state index contributed by atoms with van der Waals surface area (Å²) in [6.07, 6.45) is 0. The van der Waals surface area contributed by atoms with Gasteiger partial charge in [0.2, 0.25) is 5.95 Å². The van der Waals surface area contributed by atoms with Gasteiger partial charge in [0.05, 0.1) is 6.54 Å². The summed E-state index contributed by atoms with van der Waals surface area (Å²) in [5.41, 5.74) is 17.8. The predicted molar refractivity (Wildman–Crippen MR) is 94.9 cm³/mol. The van der Waals surface area contributed by atoms with E-state index in [0.717, 1.165) is 0 Å². The Kier molecular flexibility index (Phi) is 4.60. The smallest absolute Gasteiger partial charge is 0.224 e. The van der Waals surface area contributed by atoms with Gasteiger partial charge in [-0.25, -0.2) is 0 Å². The second-order valence-corrected chi connectivity index (χ2v) is 6.09. The van der Waals surface area contributed by atoms with Crippen molar-refractivity contribution in [2.24, 2.45) is 0 Å². The highest BCUT2D eigenvalue weighted by Crippen LogP contribution is 2.30. The Morgan fingerprint density at radius 1 is 1.16 bits per heavy atom. The van der Waals surface area contributed by atoms with Gasteiger partial charge < -0.3 is 22.1 Å². The Hall–Kier alpha value is -2.65. The van der Waals surface area contributed by atoms with Gasteiger partial charge in [0.1, 0.15) is 11.7 Å². The molecule has 132 valence electrons. The molecule has 0 bridgehead atoms. The third kappa shape index (κ3) is 3.42. The zero-order valence-corrected chi connectivity index (χ0v) is 13.9. The van der Waals surface area contributed by atoms with Crippen molar-refractivity contribution in [3.63, 3.8) is 0 Å². The summed E-state index contributed by atoms with van der Waals surface area (Å²) in [7, 11) is 0. The third-order valence-electron chi connectivity index (χ3n) is 4.01. The molecule has 2 aromatic rings. The molecule has 0 saturated carbocycles. The molecule has 1 saturated heterocycles. The number of anilines is 4. The van der Waals surface area contributed by atoms with Crippen LogP contribution in [0.2, 0.25) is 5.02 Å². The number of nitrogens with two attached hydrogens (primary N) is 3. The second kappa shape index (κ2) is 6.69. The molecule has 0 radical (unpaired) electrons. The zero-order valence-electron chi connectivity index (χ0n) is 13.2. The highest BCUT2D eigenvalue weighted by Gasteiger charge is 2.35. The summed E-state index contributed by atoms with van der Waals surface area (Å²) in [5.74, 6) is -0.107. The molecule has 1 aromatic heterocycles. The molecule has 2 heterocycles. The van der Waals surface area contributed by atoms with Gasteiger partial charge in [-0.1, -0.05) is 11.6 Å². The molecule has 1 aromatic carbocycles. The topological polar surface area (TPSA) is 127 Å². The number of Topliss-reactive ketones (excluding diaryl/α,β-unsaturated/α-hetero) is 1. The van der Waals surface area contributed by atoms with Gasteiger partial charge in [-0.15, -0.1) is 9.60 Å². The maximum Gasteiger partial charge on any atom is 0.224 e. The van der Waals surface area contributed by atoms with Crippen LogP contribution in [0.3, 0.4) is 0 Å². The summed E-state index contributed by atoms with van der Waals surface area (Å²) in [5, 5.41) is 1.09. The standard InChI is InChI=1S/C15H17ClFN7O/c16-9-3-1-8(2-4-9)12(25)10-7-23(17)5-6-24(10)14-11(18)13(19)21-15(20)22-14/h1-4,10H,5-7,18H2,(H4,19,20,21,22). The molecule has 3 rings (SSSR count). The predicted octanol–water partition coefficient (Wildman–Crippen LogP) is 1.13. The van der Waals surface area contributed by atoms with Crippen molar-refractivity contribution in [1.82, 2.24) is 15.1 Å². The van der Waals surface area contributed by atoms with Crippen LogP contribution in [0, 0.1) is 0 Å². The van der Waals surface area contributed by atoms with E-state index in [1.165, 1.54) is 0 Å². The maximum absolute atomic E-state index is 13.8. The molecule has 0 spiro atoms. The Bertz CT molecular complexity index is 801. The fraction of sp³-hybridized carbons (Fsp3) is 0.267. The maximum atomic E-state index is 13.8. The highest BCUT2D eigenvalue weighted by atomic mass is 35.5. The minimum atomic E-state index is -0.837. The Balaban J connectivity index is 1.99. The molecule has 10 heteroatoms. The lowest BCUT2D eigenvalue weighted by Crippen LogP contribution is -2.55. The molecule has 0 aliphatic carbocycles. The summed E-state index contributed by atoms with van der Waals surface area (Å²) in [6.45, 7) is 0.152. The number of aromatic nitrogens is 2. The average molecular weight is 366 g/mol. The van der Waals surface area contributed by atoms with Crippen molar-refractivity contribution >= 4 is 40.7 Å². The van der Waals surface area contributed by atoms with Crippen LogP contribution in [0.25, 0.3) is 0 Å². The zero-order chi connectivity index (χ0) is 18.1. The van der Waals surface area contributed by atoms with Crippen LogP contribution < -0.4 is 22.1 Å². The first kappa shape index (κ1) is 17.2. The van der Waals surface area contributed by atoms with Gasteiger partial charge in [-0.2, -0.15) is 9.97 Å². The van der Waals surface area contributed by atoms with E-state index in [1.807, 2.05) is 0 Å². The molecule has 1 unspecified atom stereocenters. The largest absolute Gasteiger partial charge is 0.393 e. The van der Waals surface area contributed by atoms with E-state index in [2.05, 4.69) is 9.97 Å². The Labute approximate surface area is 148 Å². The number of hydrogen-bond donors (Lipinski definition) is 3. The number of ketones is 1. The molecule has 25 heavy (non-hydrogen) atoms. The SMILES string of the molecule is Nc1nc(N)c(N)c(N2CCN(F)CC2C(=O)c2ccc(Cl)cc2)n1. The van der Waals surface area contributed by atoms with Gasteiger partial charge in [0.15, 0.2) is 17.4 Å². The van der Waals surface area contributed by atoms with E-state index >= 15 is 0 Å². The number of piperazine rings is 1. The van der Waals surface area contributed by atoms with Gasteiger partial charge in [0, 0.05) is 23.7 Å². The van der Waals surface area contributed by atoms with E-state index < -0.39 is 6.04 Å². The van der Waals surface area contributed by atoms with Gasteiger partial charge >= 0.3 is 0 Å². The Morgan fingerprint density at radius 2 is 1.84 bits per heavy atom. The minimum absolute atomic E-state index is 0.0165. The molecule has 1 aliphatic heterocycles. The first-order valence-electron chi connectivity index (χ1n) is 7.52. The molecular weight excluding hydrogens is 349 g/mol. The number of halogens is 2. The van der Waals surface area contributed by atoms with Crippen molar-refractivity contribution in [3.05, 3.63) is 34.9 Å². The fourth-order valence-corrected chi connectivity index (χ4v) is 2.87. The van der Waals surface area contributed by atoms with Crippen molar-refractivity contribution < 1.29 is 9.28 Å². The van der Waals surface area contributed by atoms with E-state index in [0.29, 0.717) is 15.7 Å². The van der Waals surface area contributed by atoms with E-state index in [9.17, 15) is 9.28 Å². The molecule has 1 aliphatic rings. The summed E-state index contributed by atoms with van der Waals surface area (Å²) >= 11 is 5.85. The normalized spacial score (nSPS) is 18.3. The number of carbonyl (C=O) groups excluding carboxylic acids is 1. The van der Waals surface area contributed by atoms with Crippen LogP contribution >= 0.6 is 11.6 Å². The van der Waals surface area contributed by atoms with Gasteiger partial charge in [-0.3, -0.25) is 4.79 Å². The number of carbonyl (C=O) groups is 1. The van der Waals surface area contributed by atoms with Crippen LogP contribution in [0.1, 0.15) is 10.4 Å². The third-order valence-corrected chi connectivity index (χ3v) is 4.26. The van der Waals surface area contributed by atoms with Crippen LogP contribution in [0.4, 0.5) is 27.8 Å². The van der Waals surface area contributed by atoms with Crippen molar-refractivity contribution in [3.8, 4) is 0 Å². The fourth-order valence-electron chi connectivity index (χ4n) is 2.74. The van der Waals surface area contributed by atoms with Gasteiger partial charge in [-0.05, 0) is 24.3 Å². The molecule has 1 atom stereocenters. The monoisotopic (exact) mass is 365 g/mol. The summed E-state index contributed by atoms with van der Waals surface area (Å²) in [4.78, 5) is 22.4. The summed E-state index contributed by atoms with van der Waals surface area (Å²) < 4.78 is 13.8. The highest BCUT2D eigenvalue weighted by molar-refractivity contribution is 6.30. The van der Waals surface area contributed by atoms with E-state index in [4.69, 9.17) is 28.8 Å². The van der Waals surface area contributed by atoms with Crippen LogP contribution in [-0.2, 0) is 0 Å². The van der Waals surface area contributed by atoms with E-state index in [-0.39, 0.29) is 48.7 Å². The number of benzene rings is 1. The Morgan fingerprint density at radius 3 is 2.52 bits per heavy atom. The van der Waals surface area contributed by atoms with Crippen molar-refractivity contribution in [1.29, 1.82) is 0 Å². The quantitative estimate of drug-likeness (QED) is 0.545. The van der Waals surface area contributed by atoms with Crippen LogP contribution in [-0.4, -0.2) is 46.5 Å². The number of nitrogen functional groups attached to an aromatic ring is 3. The molecule has 1 fully saturated rings. The molecule has 0 amide bonds. The van der Waals surface area contributed by atoms with Crippen LogP contribution in [0.5, 0.6) is 0 Å². The van der Waals surface area contributed by atoms with Crippen molar-refractivity contribution in [2.75, 3.05) is 41.7 Å². The minimum Gasteiger partial charge on any atom is -0.393 e. The lowest BCUT2D eigenvalue weighted by atomic mass is 10.0.